The summed E-state index contributed by atoms with van der Waals surface area (Å²) in [4.78, 5) is 12.2. The van der Waals surface area contributed by atoms with Crippen molar-refractivity contribution < 1.29 is 0 Å². The lowest BCUT2D eigenvalue weighted by molar-refractivity contribution is 0.576. The number of nitrogens with zero attached hydrogens (tertiary/aromatic N) is 1. The average molecular weight is 319 g/mol. The fourth-order valence-corrected chi connectivity index (χ4v) is 2.57. The summed E-state index contributed by atoms with van der Waals surface area (Å²) in [5.74, 6) is 0. The summed E-state index contributed by atoms with van der Waals surface area (Å²) in [7, 11) is 0. The molecule has 118 valence electrons. The van der Waals surface area contributed by atoms with Crippen LogP contribution in [0.2, 0.25) is 5.02 Å². The Morgan fingerprint density at radius 2 is 1.86 bits per heavy atom. The van der Waals surface area contributed by atoms with Crippen LogP contribution in [0, 0.1) is 6.92 Å². The van der Waals surface area contributed by atoms with Gasteiger partial charge in [-0.15, -0.1) is 0 Å². The first-order valence-corrected chi connectivity index (χ1v) is 8.17. The van der Waals surface area contributed by atoms with Crippen LogP contribution in [0.15, 0.2) is 41.2 Å². The molecule has 1 heterocycles. The Balaban J connectivity index is 2.03. The summed E-state index contributed by atoms with van der Waals surface area (Å²) < 4.78 is 1.85. The van der Waals surface area contributed by atoms with E-state index in [2.05, 4.69) is 12.2 Å². The Morgan fingerprint density at radius 1 is 1.14 bits per heavy atom. The number of aryl methyl sites for hydroxylation is 1. The minimum absolute atomic E-state index is 0.0645. The minimum atomic E-state index is 0.0645. The molecule has 0 atom stereocenters. The third-order valence-electron chi connectivity index (χ3n) is 3.73. The second kappa shape index (κ2) is 8.04. The van der Waals surface area contributed by atoms with Crippen molar-refractivity contribution in [3.8, 4) is 0 Å². The lowest BCUT2D eigenvalue weighted by atomic mass is 10.2. The van der Waals surface area contributed by atoms with E-state index in [0.29, 0.717) is 6.54 Å². The number of anilines is 1. The highest BCUT2D eigenvalue weighted by Gasteiger charge is 2.03. The van der Waals surface area contributed by atoms with E-state index in [1.165, 1.54) is 0 Å². The molecule has 0 aliphatic rings. The molecular weight excluding hydrogens is 296 g/mol. The number of hydrogen-bond acceptors (Lipinski definition) is 2. The number of benzene rings is 1. The van der Waals surface area contributed by atoms with Gasteiger partial charge in [-0.05, 0) is 37.1 Å². The highest BCUT2D eigenvalue weighted by Crippen LogP contribution is 2.13. The molecule has 22 heavy (non-hydrogen) atoms. The van der Waals surface area contributed by atoms with E-state index in [4.69, 9.17) is 11.6 Å². The Kier molecular flexibility index (Phi) is 6.08. The molecule has 0 amide bonds. The van der Waals surface area contributed by atoms with Crippen LogP contribution in [0.1, 0.15) is 37.4 Å². The van der Waals surface area contributed by atoms with Crippen LogP contribution in [0.3, 0.4) is 0 Å². The Hall–Kier alpha value is -1.74. The van der Waals surface area contributed by atoms with E-state index >= 15 is 0 Å². The standard InChI is InChI=1S/C18H23ClN2O/c1-3-4-5-10-21-14(2)11-17(12-18(21)22)20-13-15-6-8-16(19)9-7-15/h6-9,11-12,20H,3-5,10,13H2,1-2H3. The molecule has 0 saturated heterocycles. The van der Waals surface area contributed by atoms with Crippen molar-refractivity contribution in [2.45, 2.75) is 46.2 Å². The van der Waals surface area contributed by atoms with Crippen LogP contribution in [-0.4, -0.2) is 4.57 Å². The molecule has 2 aromatic rings. The van der Waals surface area contributed by atoms with E-state index < -0.39 is 0 Å². The van der Waals surface area contributed by atoms with Gasteiger partial charge in [0.25, 0.3) is 5.56 Å². The summed E-state index contributed by atoms with van der Waals surface area (Å²) in [6.07, 6.45) is 3.37. The molecule has 3 nitrogen and oxygen atoms in total. The molecule has 0 bridgehead atoms. The fraction of sp³-hybridized carbons (Fsp3) is 0.389. The van der Waals surface area contributed by atoms with Gasteiger partial charge in [-0.2, -0.15) is 0 Å². The van der Waals surface area contributed by atoms with Crippen LogP contribution in [0.4, 0.5) is 5.69 Å². The van der Waals surface area contributed by atoms with Crippen molar-refractivity contribution >= 4 is 17.3 Å². The maximum Gasteiger partial charge on any atom is 0.252 e. The SMILES string of the molecule is CCCCCn1c(C)cc(NCc2ccc(Cl)cc2)cc1=O. The zero-order valence-corrected chi connectivity index (χ0v) is 14.0. The second-order valence-electron chi connectivity index (χ2n) is 5.56. The molecule has 0 aliphatic carbocycles. The first-order valence-electron chi connectivity index (χ1n) is 7.80. The quantitative estimate of drug-likeness (QED) is 0.756. The summed E-state index contributed by atoms with van der Waals surface area (Å²) in [6.45, 7) is 5.63. The Morgan fingerprint density at radius 3 is 2.50 bits per heavy atom. The topological polar surface area (TPSA) is 34.0 Å². The molecular formula is C18H23ClN2O. The molecule has 1 aromatic carbocycles. The summed E-state index contributed by atoms with van der Waals surface area (Å²) >= 11 is 5.88. The first-order chi connectivity index (χ1) is 10.6. The number of nitrogens with one attached hydrogen (secondary N) is 1. The molecule has 0 saturated carbocycles. The molecule has 0 aliphatic heterocycles. The number of unbranched alkanes of at least 4 members (excludes halogenated alkanes) is 2. The predicted molar refractivity (Wildman–Crippen MR) is 93.7 cm³/mol. The molecule has 0 radical (unpaired) electrons. The number of pyridine rings is 1. The molecule has 1 aromatic heterocycles. The number of aromatic nitrogens is 1. The third kappa shape index (κ3) is 4.63. The largest absolute Gasteiger partial charge is 0.381 e. The van der Waals surface area contributed by atoms with E-state index in [-0.39, 0.29) is 5.56 Å². The average Bonchev–Trinajstić information content (AvgIpc) is 2.49. The lowest BCUT2D eigenvalue weighted by Crippen LogP contribution is -2.22. The fourth-order valence-electron chi connectivity index (χ4n) is 2.44. The predicted octanol–water partition coefficient (Wildman–Crippen LogP) is 4.61. The summed E-state index contributed by atoms with van der Waals surface area (Å²) in [5, 5.41) is 4.03. The van der Waals surface area contributed by atoms with Crippen LogP contribution in [-0.2, 0) is 13.1 Å². The molecule has 0 fully saturated rings. The van der Waals surface area contributed by atoms with Gasteiger partial charge in [-0.1, -0.05) is 43.5 Å². The van der Waals surface area contributed by atoms with Gasteiger partial charge in [0.05, 0.1) is 0 Å². The van der Waals surface area contributed by atoms with Gasteiger partial charge in [-0.3, -0.25) is 4.79 Å². The van der Waals surface area contributed by atoms with Gasteiger partial charge in [0.15, 0.2) is 0 Å². The highest BCUT2D eigenvalue weighted by molar-refractivity contribution is 6.30. The first kappa shape index (κ1) is 16.6. The van der Waals surface area contributed by atoms with Crippen molar-refractivity contribution in [3.05, 3.63) is 63.0 Å². The van der Waals surface area contributed by atoms with Gasteiger partial charge in [0.1, 0.15) is 0 Å². The third-order valence-corrected chi connectivity index (χ3v) is 3.98. The normalized spacial score (nSPS) is 10.7. The molecule has 0 spiro atoms. The van der Waals surface area contributed by atoms with Crippen molar-refractivity contribution in [1.29, 1.82) is 0 Å². The smallest absolute Gasteiger partial charge is 0.252 e. The van der Waals surface area contributed by atoms with Crippen molar-refractivity contribution in [1.82, 2.24) is 4.57 Å². The van der Waals surface area contributed by atoms with E-state index in [1.807, 2.05) is 41.8 Å². The maximum atomic E-state index is 12.2. The zero-order chi connectivity index (χ0) is 15.9. The maximum absolute atomic E-state index is 12.2. The van der Waals surface area contributed by atoms with Gasteiger partial charge >= 0.3 is 0 Å². The van der Waals surface area contributed by atoms with Crippen molar-refractivity contribution in [3.63, 3.8) is 0 Å². The lowest BCUT2D eigenvalue weighted by Gasteiger charge is -2.13. The highest BCUT2D eigenvalue weighted by atomic mass is 35.5. The van der Waals surface area contributed by atoms with Crippen molar-refractivity contribution in [2.75, 3.05) is 5.32 Å². The summed E-state index contributed by atoms with van der Waals surface area (Å²) in [6, 6.07) is 11.4. The minimum Gasteiger partial charge on any atom is -0.381 e. The van der Waals surface area contributed by atoms with E-state index in [0.717, 1.165) is 47.8 Å². The Labute approximate surface area is 136 Å². The number of rotatable bonds is 7. The monoisotopic (exact) mass is 318 g/mol. The van der Waals surface area contributed by atoms with Gasteiger partial charge in [0, 0.05) is 35.6 Å². The van der Waals surface area contributed by atoms with Gasteiger partial charge in [-0.25, -0.2) is 0 Å². The summed E-state index contributed by atoms with van der Waals surface area (Å²) in [5.41, 5.74) is 3.07. The molecule has 2 rings (SSSR count). The number of hydrogen-bond donors (Lipinski definition) is 1. The number of halogens is 1. The van der Waals surface area contributed by atoms with Crippen LogP contribution in [0.25, 0.3) is 0 Å². The Bertz CT molecular complexity index is 662. The van der Waals surface area contributed by atoms with Crippen LogP contribution in [0.5, 0.6) is 0 Å². The van der Waals surface area contributed by atoms with Crippen LogP contribution >= 0.6 is 11.6 Å². The second-order valence-corrected chi connectivity index (χ2v) is 6.00. The molecule has 0 unspecified atom stereocenters. The molecule has 1 N–H and O–H groups in total. The van der Waals surface area contributed by atoms with Crippen molar-refractivity contribution in [2.24, 2.45) is 0 Å². The van der Waals surface area contributed by atoms with E-state index in [9.17, 15) is 4.79 Å². The van der Waals surface area contributed by atoms with Gasteiger partial charge in [0.2, 0.25) is 0 Å². The van der Waals surface area contributed by atoms with E-state index in [1.54, 1.807) is 6.07 Å². The molecule has 4 heteroatoms. The zero-order valence-electron chi connectivity index (χ0n) is 13.2. The van der Waals surface area contributed by atoms with Crippen LogP contribution < -0.4 is 10.9 Å². The van der Waals surface area contributed by atoms with Gasteiger partial charge < -0.3 is 9.88 Å².